The van der Waals surface area contributed by atoms with Gasteiger partial charge in [0.15, 0.2) is 17.5 Å². The third kappa shape index (κ3) is 5.76. The summed E-state index contributed by atoms with van der Waals surface area (Å²) >= 11 is 1.80. The fourth-order valence-corrected chi connectivity index (χ4v) is 9.62. The summed E-state index contributed by atoms with van der Waals surface area (Å²) in [6, 6.07) is 67.3. The number of para-hydroxylation sites is 2. The molecule has 0 atom stereocenters. The molecule has 12 aromatic rings. The summed E-state index contributed by atoms with van der Waals surface area (Å²) in [4.78, 5) is 20.5. The van der Waals surface area contributed by atoms with Crippen LogP contribution < -0.4 is 0 Å². The van der Waals surface area contributed by atoms with Gasteiger partial charge in [0, 0.05) is 59.4 Å². The SMILES string of the molecule is c1ccc(-c2ccc3c(c2)nc(-c2ccc(-c4nc(-c5ccccc5)nc(-c5ccc(-c6cccc7c6oc6ccccc67)cc5)n4)cc2)c2sc4ccccc4c23)cc1. The molecule has 5 nitrogen and oxygen atoms in total. The van der Waals surface area contributed by atoms with Crippen LogP contribution in [0, 0.1) is 0 Å². The summed E-state index contributed by atoms with van der Waals surface area (Å²) in [6.45, 7) is 0. The van der Waals surface area contributed by atoms with Gasteiger partial charge in [-0.1, -0.05) is 176 Å². The maximum absolute atomic E-state index is 6.36. The van der Waals surface area contributed by atoms with E-state index in [0.29, 0.717) is 17.5 Å². The Labute approximate surface area is 348 Å². The number of aromatic nitrogens is 4. The lowest BCUT2D eigenvalue weighted by molar-refractivity contribution is 0.670. The van der Waals surface area contributed by atoms with Gasteiger partial charge in [-0.05, 0) is 34.9 Å². The van der Waals surface area contributed by atoms with E-state index in [0.717, 1.165) is 77.5 Å². The fraction of sp³-hybridized carbons (Fsp3) is 0. The maximum atomic E-state index is 6.36. The highest BCUT2D eigenvalue weighted by atomic mass is 32.1. The standard InChI is InChI=1S/C54H32N4OS/c1-3-12-33(13-4-1)39-30-31-43-45(32-39)55-49(51-48(43)44-17-8-10-21-47(44)60-51)35-24-28-38(29-25-35)54-57-52(36-14-5-2-6-15-36)56-53(58-54)37-26-22-34(23-27-37)40-18-11-19-42-41-16-7-9-20-46(41)59-50(40)42/h1-32H. The van der Waals surface area contributed by atoms with Crippen molar-refractivity contribution >= 4 is 64.4 Å². The Bertz CT molecular complexity index is 3580. The molecule has 0 radical (unpaired) electrons. The molecule has 0 saturated carbocycles. The first-order valence-corrected chi connectivity index (χ1v) is 20.8. The molecular formula is C54H32N4OS. The van der Waals surface area contributed by atoms with Gasteiger partial charge in [-0.3, -0.25) is 0 Å². The first kappa shape index (κ1) is 34.3. The molecule has 0 aliphatic heterocycles. The summed E-state index contributed by atoms with van der Waals surface area (Å²) < 4.78 is 8.78. The van der Waals surface area contributed by atoms with Crippen LogP contribution in [-0.4, -0.2) is 19.9 Å². The molecule has 0 N–H and O–H groups in total. The highest BCUT2D eigenvalue weighted by molar-refractivity contribution is 7.26. The van der Waals surface area contributed by atoms with Gasteiger partial charge < -0.3 is 4.42 Å². The average molecular weight is 785 g/mol. The molecule has 60 heavy (non-hydrogen) atoms. The monoisotopic (exact) mass is 784 g/mol. The van der Waals surface area contributed by atoms with Crippen molar-refractivity contribution in [3.63, 3.8) is 0 Å². The summed E-state index contributed by atoms with van der Waals surface area (Å²) in [5, 5.41) is 5.88. The predicted octanol–water partition coefficient (Wildman–Crippen LogP) is 14.7. The summed E-state index contributed by atoms with van der Waals surface area (Å²) in [7, 11) is 0. The van der Waals surface area contributed by atoms with Crippen LogP contribution in [0.4, 0.5) is 0 Å². The van der Waals surface area contributed by atoms with Gasteiger partial charge in [0.05, 0.1) is 15.9 Å². The van der Waals surface area contributed by atoms with Gasteiger partial charge in [-0.15, -0.1) is 11.3 Å². The van der Waals surface area contributed by atoms with Crippen molar-refractivity contribution in [2.24, 2.45) is 0 Å². The van der Waals surface area contributed by atoms with Crippen molar-refractivity contribution in [3.8, 4) is 67.7 Å². The Morgan fingerprint density at radius 1 is 0.367 bits per heavy atom. The van der Waals surface area contributed by atoms with E-state index < -0.39 is 0 Å². The van der Waals surface area contributed by atoms with Crippen LogP contribution >= 0.6 is 11.3 Å². The van der Waals surface area contributed by atoms with E-state index in [2.05, 4.69) is 146 Å². The van der Waals surface area contributed by atoms with Crippen LogP contribution in [0.25, 0.3) is 121 Å². The first-order valence-electron chi connectivity index (χ1n) is 20.0. The largest absolute Gasteiger partial charge is 0.455 e. The highest BCUT2D eigenvalue weighted by Crippen LogP contribution is 2.44. The zero-order valence-electron chi connectivity index (χ0n) is 32.1. The van der Waals surface area contributed by atoms with Crippen LogP contribution in [0.3, 0.4) is 0 Å². The molecule has 4 aromatic heterocycles. The molecule has 280 valence electrons. The molecule has 0 unspecified atom stereocenters. The van der Waals surface area contributed by atoms with Gasteiger partial charge >= 0.3 is 0 Å². The summed E-state index contributed by atoms with van der Waals surface area (Å²) in [5.74, 6) is 1.83. The van der Waals surface area contributed by atoms with Crippen LogP contribution in [0.15, 0.2) is 199 Å². The predicted molar refractivity (Wildman–Crippen MR) is 248 cm³/mol. The second-order valence-electron chi connectivity index (χ2n) is 15.0. The number of furan rings is 1. The van der Waals surface area contributed by atoms with Crippen molar-refractivity contribution in [3.05, 3.63) is 194 Å². The topological polar surface area (TPSA) is 64.7 Å². The lowest BCUT2D eigenvalue weighted by Gasteiger charge is -2.11. The molecule has 0 spiro atoms. The molecule has 0 aliphatic carbocycles. The lowest BCUT2D eigenvalue weighted by atomic mass is 9.99. The van der Waals surface area contributed by atoms with E-state index in [4.69, 9.17) is 24.4 Å². The van der Waals surface area contributed by atoms with Gasteiger partial charge in [0.2, 0.25) is 0 Å². The smallest absolute Gasteiger partial charge is 0.164 e. The normalized spacial score (nSPS) is 11.7. The zero-order chi connectivity index (χ0) is 39.6. The summed E-state index contributed by atoms with van der Waals surface area (Å²) in [6.07, 6.45) is 0. The molecule has 0 amide bonds. The van der Waals surface area contributed by atoms with Crippen molar-refractivity contribution in [2.75, 3.05) is 0 Å². The third-order valence-corrected chi connectivity index (χ3v) is 12.5. The molecule has 4 heterocycles. The first-order chi connectivity index (χ1) is 29.7. The molecule has 0 bridgehead atoms. The van der Waals surface area contributed by atoms with E-state index in [1.807, 2.05) is 48.5 Å². The Kier molecular flexibility index (Phi) is 7.96. The Hall–Kier alpha value is -7.80. The van der Waals surface area contributed by atoms with Gasteiger partial charge in [-0.2, -0.15) is 0 Å². The minimum absolute atomic E-state index is 0.604. The van der Waals surface area contributed by atoms with Crippen LogP contribution in [0.5, 0.6) is 0 Å². The highest BCUT2D eigenvalue weighted by Gasteiger charge is 2.19. The molecule has 0 saturated heterocycles. The van der Waals surface area contributed by atoms with Crippen LogP contribution in [-0.2, 0) is 0 Å². The second-order valence-corrected chi connectivity index (χ2v) is 16.0. The van der Waals surface area contributed by atoms with Crippen molar-refractivity contribution < 1.29 is 4.42 Å². The number of hydrogen-bond acceptors (Lipinski definition) is 6. The molecule has 12 rings (SSSR count). The minimum atomic E-state index is 0.604. The third-order valence-electron chi connectivity index (χ3n) is 11.4. The van der Waals surface area contributed by atoms with Gasteiger partial charge in [0.1, 0.15) is 11.2 Å². The van der Waals surface area contributed by atoms with E-state index in [1.54, 1.807) is 11.3 Å². The molecule has 6 heteroatoms. The van der Waals surface area contributed by atoms with Crippen molar-refractivity contribution in [1.29, 1.82) is 0 Å². The molecule has 8 aromatic carbocycles. The number of fused-ring (bicyclic) bond motifs is 8. The number of hydrogen-bond donors (Lipinski definition) is 0. The van der Waals surface area contributed by atoms with E-state index >= 15 is 0 Å². The Balaban J connectivity index is 0.954. The number of thiophene rings is 1. The molecule has 0 fully saturated rings. The molecular weight excluding hydrogens is 753 g/mol. The van der Waals surface area contributed by atoms with Gasteiger partial charge in [-0.25, -0.2) is 19.9 Å². The van der Waals surface area contributed by atoms with Crippen LogP contribution in [0.1, 0.15) is 0 Å². The second kappa shape index (κ2) is 13.9. The number of rotatable bonds is 6. The Morgan fingerprint density at radius 3 is 1.63 bits per heavy atom. The zero-order valence-corrected chi connectivity index (χ0v) is 32.9. The van der Waals surface area contributed by atoms with E-state index in [1.165, 1.54) is 25.7 Å². The summed E-state index contributed by atoms with van der Waals surface area (Å²) in [5.41, 5.74) is 11.9. The fourth-order valence-electron chi connectivity index (χ4n) is 8.39. The minimum Gasteiger partial charge on any atom is -0.455 e. The number of benzene rings is 8. The van der Waals surface area contributed by atoms with Crippen molar-refractivity contribution in [2.45, 2.75) is 0 Å². The average Bonchev–Trinajstić information content (AvgIpc) is 3.91. The Morgan fingerprint density at radius 2 is 0.917 bits per heavy atom. The van der Waals surface area contributed by atoms with E-state index in [-0.39, 0.29) is 0 Å². The molecule has 0 aliphatic rings. The van der Waals surface area contributed by atoms with E-state index in [9.17, 15) is 0 Å². The lowest BCUT2D eigenvalue weighted by Crippen LogP contribution is -2.00. The number of nitrogens with zero attached hydrogens (tertiary/aromatic N) is 4. The van der Waals surface area contributed by atoms with Crippen LogP contribution in [0.2, 0.25) is 0 Å². The van der Waals surface area contributed by atoms with Crippen molar-refractivity contribution in [1.82, 2.24) is 19.9 Å². The number of pyridine rings is 1. The maximum Gasteiger partial charge on any atom is 0.164 e. The quantitative estimate of drug-likeness (QED) is 0.168. The van der Waals surface area contributed by atoms with Gasteiger partial charge in [0.25, 0.3) is 0 Å².